The summed E-state index contributed by atoms with van der Waals surface area (Å²) in [6.45, 7) is 1.16. The van der Waals surface area contributed by atoms with Crippen LogP contribution in [0.2, 0.25) is 0 Å². The lowest BCUT2D eigenvalue weighted by Gasteiger charge is -2.22. The second-order valence-corrected chi connectivity index (χ2v) is 4.14. The van der Waals surface area contributed by atoms with Crippen LogP contribution in [0.5, 0.6) is 0 Å². The van der Waals surface area contributed by atoms with Gasteiger partial charge < -0.3 is 10.1 Å². The molecule has 0 fully saturated rings. The Bertz CT molecular complexity index is 315. The van der Waals surface area contributed by atoms with Gasteiger partial charge in [0.2, 0.25) is 6.54 Å². The summed E-state index contributed by atoms with van der Waals surface area (Å²) in [6, 6.07) is 0. The Labute approximate surface area is 100 Å². The number of nitrogens with one attached hydrogen (secondary N) is 1. The summed E-state index contributed by atoms with van der Waals surface area (Å²) in [5, 5.41) is 13.4. The number of allylic oxidation sites excluding steroid dienone is 2. The molecule has 0 radical (unpaired) electrons. The first-order chi connectivity index (χ1) is 8.17. The fourth-order valence-corrected chi connectivity index (χ4v) is 1.94. The predicted octanol–water partition coefficient (Wildman–Crippen LogP) is 0.752. The van der Waals surface area contributed by atoms with E-state index in [9.17, 15) is 14.9 Å². The summed E-state index contributed by atoms with van der Waals surface area (Å²) in [5.41, 5.74) is 0.583. The molecule has 0 saturated heterocycles. The Morgan fingerprint density at radius 2 is 2.41 bits per heavy atom. The molecule has 0 bridgehead atoms. The van der Waals surface area contributed by atoms with Crippen molar-refractivity contribution in [3.63, 3.8) is 0 Å². The molecule has 96 valence electrons. The highest BCUT2D eigenvalue weighted by Crippen LogP contribution is 2.29. The van der Waals surface area contributed by atoms with Crippen LogP contribution in [0.15, 0.2) is 11.3 Å². The maximum Gasteiger partial charge on any atom is 0.207 e. The molecule has 1 N–H and O–H groups in total. The second kappa shape index (κ2) is 7.01. The molecule has 0 aromatic rings. The Morgan fingerprint density at radius 1 is 1.65 bits per heavy atom. The lowest BCUT2D eigenvalue weighted by molar-refractivity contribution is -0.488. The van der Waals surface area contributed by atoms with Crippen molar-refractivity contribution >= 4 is 6.29 Å². The minimum Gasteiger partial charge on any atom is -0.496 e. The standard InChI is InChI=1S/C11H18N2O4/c1-12-4-5-17-11-3-2-9(7-13(15)16)6-10(11)8-14/h8-9,12H,2-7H2,1H3. The van der Waals surface area contributed by atoms with Gasteiger partial charge in [-0.2, -0.15) is 0 Å². The molecule has 0 amide bonds. The van der Waals surface area contributed by atoms with E-state index in [1.807, 2.05) is 7.05 Å². The van der Waals surface area contributed by atoms with Gasteiger partial charge in [0, 0.05) is 29.4 Å². The number of hydrogen-bond acceptors (Lipinski definition) is 5. The van der Waals surface area contributed by atoms with Crippen molar-refractivity contribution in [1.29, 1.82) is 0 Å². The topological polar surface area (TPSA) is 81.5 Å². The number of carbonyl (C=O) groups excluding carboxylic acids is 1. The van der Waals surface area contributed by atoms with Gasteiger partial charge in [-0.3, -0.25) is 14.9 Å². The molecule has 0 heterocycles. The van der Waals surface area contributed by atoms with Crippen LogP contribution in [0.1, 0.15) is 19.3 Å². The maximum absolute atomic E-state index is 10.9. The van der Waals surface area contributed by atoms with Crippen molar-refractivity contribution in [2.45, 2.75) is 19.3 Å². The number of nitro groups is 1. The summed E-state index contributed by atoms with van der Waals surface area (Å²) in [7, 11) is 1.83. The molecule has 0 aromatic carbocycles. The average Bonchev–Trinajstić information content (AvgIpc) is 2.30. The van der Waals surface area contributed by atoms with E-state index in [0.29, 0.717) is 43.7 Å². The predicted molar refractivity (Wildman–Crippen MR) is 62.2 cm³/mol. The van der Waals surface area contributed by atoms with E-state index in [-0.39, 0.29) is 17.4 Å². The van der Waals surface area contributed by atoms with E-state index in [2.05, 4.69) is 5.32 Å². The van der Waals surface area contributed by atoms with Crippen LogP contribution in [0.3, 0.4) is 0 Å². The maximum atomic E-state index is 10.9. The quantitative estimate of drug-likeness (QED) is 0.308. The van der Waals surface area contributed by atoms with Crippen molar-refractivity contribution in [1.82, 2.24) is 5.32 Å². The third-order valence-corrected chi connectivity index (χ3v) is 2.82. The van der Waals surface area contributed by atoms with Crippen LogP contribution >= 0.6 is 0 Å². The number of nitrogens with zero attached hydrogens (tertiary/aromatic N) is 1. The van der Waals surface area contributed by atoms with Crippen LogP contribution in [0, 0.1) is 16.0 Å². The van der Waals surface area contributed by atoms with Crippen LogP contribution in [0.4, 0.5) is 0 Å². The van der Waals surface area contributed by atoms with E-state index in [4.69, 9.17) is 4.74 Å². The van der Waals surface area contributed by atoms with E-state index in [1.165, 1.54) is 0 Å². The molecule has 1 aliphatic carbocycles. The lowest BCUT2D eigenvalue weighted by Crippen LogP contribution is -2.22. The lowest BCUT2D eigenvalue weighted by atomic mass is 9.88. The molecule has 1 rings (SSSR count). The van der Waals surface area contributed by atoms with Crippen molar-refractivity contribution in [3.8, 4) is 0 Å². The van der Waals surface area contributed by atoms with E-state index in [1.54, 1.807) is 0 Å². The SMILES string of the molecule is CNCCOC1=C(C=O)CC(C[N+](=O)[O-])CC1. The van der Waals surface area contributed by atoms with Crippen molar-refractivity contribution in [3.05, 3.63) is 21.4 Å². The summed E-state index contributed by atoms with van der Waals surface area (Å²) in [6.07, 6.45) is 2.56. The zero-order valence-corrected chi connectivity index (χ0v) is 9.98. The van der Waals surface area contributed by atoms with Gasteiger partial charge in [0.05, 0.1) is 0 Å². The average molecular weight is 242 g/mol. The van der Waals surface area contributed by atoms with Gasteiger partial charge in [0.15, 0.2) is 0 Å². The minimum atomic E-state index is -0.320. The van der Waals surface area contributed by atoms with Crippen LogP contribution in [-0.2, 0) is 9.53 Å². The zero-order chi connectivity index (χ0) is 12.7. The molecule has 6 nitrogen and oxygen atoms in total. The Morgan fingerprint density at radius 3 is 3.00 bits per heavy atom. The van der Waals surface area contributed by atoms with Gasteiger partial charge >= 0.3 is 0 Å². The largest absolute Gasteiger partial charge is 0.496 e. The van der Waals surface area contributed by atoms with Crippen molar-refractivity contribution in [2.24, 2.45) is 5.92 Å². The molecular weight excluding hydrogens is 224 g/mol. The monoisotopic (exact) mass is 242 g/mol. The minimum absolute atomic E-state index is 0.0400. The van der Waals surface area contributed by atoms with Crippen molar-refractivity contribution < 1.29 is 14.5 Å². The molecule has 0 aliphatic heterocycles. The van der Waals surface area contributed by atoms with Gasteiger partial charge in [-0.1, -0.05) is 0 Å². The van der Waals surface area contributed by atoms with Crippen molar-refractivity contribution in [2.75, 3.05) is 26.7 Å². The first-order valence-corrected chi connectivity index (χ1v) is 5.73. The van der Waals surface area contributed by atoms with Crippen LogP contribution in [0.25, 0.3) is 0 Å². The van der Waals surface area contributed by atoms with Gasteiger partial charge in [-0.25, -0.2) is 0 Å². The van der Waals surface area contributed by atoms with E-state index >= 15 is 0 Å². The fraction of sp³-hybridized carbons (Fsp3) is 0.727. The smallest absolute Gasteiger partial charge is 0.207 e. The summed E-state index contributed by atoms with van der Waals surface area (Å²) >= 11 is 0. The molecule has 0 spiro atoms. The summed E-state index contributed by atoms with van der Waals surface area (Å²) < 4.78 is 5.50. The van der Waals surface area contributed by atoms with E-state index in [0.717, 1.165) is 6.29 Å². The van der Waals surface area contributed by atoms with Crippen LogP contribution < -0.4 is 5.32 Å². The van der Waals surface area contributed by atoms with Crippen LogP contribution in [-0.4, -0.2) is 38.0 Å². The Balaban J connectivity index is 2.54. The molecule has 1 unspecified atom stereocenters. The first-order valence-electron chi connectivity index (χ1n) is 5.73. The summed E-state index contributed by atoms with van der Waals surface area (Å²) in [5.74, 6) is 0.664. The van der Waals surface area contributed by atoms with Gasteiger partial charge in [0.1, 0.15) is 18.7 Å². The summed E-state index contributed by atoms with van der Waals surface area (Å²) in [4.78, 5) is 21.0. The molecule has 0 saturated carbocycles. The highest BCUT2D eigenvalue weighted by atomic mass is 16.6. The number of ether oxygens (including phenoxy) is 1. The first kappa shape index (κ1) is 13.6. The number of hydrogen-bond donors (Lipinski definition) is 1. The third-order valence-electron chi connectivity index (χ3n) is 2.82. The Hall–Kier alpha value is -1.43. The third kappa shape index (κ3) is 4.52. The van der Waals surface area contributed by atoms with Gasteiger partial charge in [-0.05, 0) is 19.9 Å². The highest BCUT2D eigenvalue weighted by Gasteiger charge is 2.25. The number of aldehydes is 1. The second-order valence-electron chi connectivity index (χ2n) is 4.14. The molecule has 1 atom stereocenters. The highest BCUT2D eigenvalue weighted by molar-refractivity contribution is 5.74. The molecule has 1 aliphatic rings. The molecule has 6 heteroatoms. The molecule has 17 heavy (non-hydrogen) atoms. The van der Waals surface area contributed by atoms with Gasteiger partial charge in [0.25, 0.3) is 0 Å². The number of carbonyl (C=O) groups is 1. The van der Waals surface area contributed by atoms with Gasteiger partial charge in [-0.15, -0.1) is 0 Å². The fourth-order valence-electron chi connectivity index (χ4n) is 1.94. The zero-order valence-electron chi connectivity index (χ0n) is 9.98. The number of rotatable bonds is 7. The molecule has 0 aromatic heterocycles. The normalized spacial score (nSPS) is 20.2. The number of likely N-dealkylation sites (N-methyl/N-ethyl adjacent to an activating group) is 1. The van der Waals surface area contributed by atoms with E-state index < -0.39 is 0 Å². The Kier molecular flexibility index (Phi) is 5.62. The molecular formula is C11H18N2O4.